The number of benzene rings is 1. The fraction of sp³-hybridized carbons (Fsp3) is 0.600. The van der Waals surface area contributed by atoms with E-state index in [0.29, 0.717) is 43.8 Å². The summed E-state index contributed by atoms with van der Waals surface area (Å²) in [6.45, 7) is 1.96. The lowest BCUT2D eigenvalue weighted by atomic mass is 9.92. The summed E-state index contributed by atoms with van der Waals surface area (Å²) in [5.74, 6) is 1.50. The van der Waals surface area contributed by atoms with Gasteiger partial charge in [0.05, 0.1) is 12.9 Å². The van der Waals surface area contributed by atoms with Crippen molar-refractivity contribution in [1.82, 2.24) is 24.4 Å². The zero-order valence-corrected chi connectivity index (χ0v) is 25.8. The first kappa shape index (κ1) is 32.3. The van der Waals surface area contributed by atoms with E-state index < -0.39 is 0 Å². The number of nitrogens with zero attached hydrogens (tertiary/aromatic N) is 5. The summed E-state index contributed by atoms with van der Waals surface area (Å²) in [6, 6.07) is 11.3. The largest absolute Gasteiger partial charge is 0.367 e. The number of hydrogen-bond acceptors (Lipinski definition) is 8. The standard InChI is InChI=1S/C30H42N8O2.2ClH/c31-22-10-12-23(13-11-22)34-30-35-28(27-29(36-30)38(20-32-27)25-8-4-5-9-25)33-24-14-16-37(17-15-24)26(39)19-40-18-21-6-2-1-3-7-21;;/h1-3,6-7,20,22-25H,4-5,8-19,31H2,(H2,33,34,35,36);2*1H. The summed E-state index contributed by atoms with van der Waals surface area (Å²) in [5.41, 5.74) is 8.94. The first-order chi connectivity index (χ1) is 19.6. The minimum absolute atomic E-state index is 0. The van der Waals surface area contributed by atoms with Gasteiger partial charge >= 0.3 is 0 Å². The van der Waals surface area contributed by atoms with E-state index in [1.165, 1.54) is 25.7 Å². The topological polar surface area (TPSA) is 123 Å². The van der Waals surface area contributed by atoms with Crippen LogP contribution in [0.2, 0.25) is 0 Å². The fourth-order valence-corrected chi connectivity index (χ4v) is 6.37. The van der Waals surface area contributed by atoms with Gasteiger partial charge in [-0.2, -0.15) is 9.97 Å². The van der Waals surface area contributed by atoms with Crippen molar-refractivity contribution in [1.29, 1.82) is 0 Å². The number of fused-ring (bicyclic) bond motifs is 1. The van der Waals surface area contributed by atoms with Crippen LogP contribution >= 0.6 is 24.8 Å². The average molecular weight is 620 g/mol. The smallest absolute Gasteiger partial charge is 0.248 e. The highest BCUT2D eigenvalue weighted by atomic mass is 35.5. The number of hydrogen-bond donors (Lipinski definition) is 3. The molecule has 0 radical (unpaired) electrons. The summed E-state index contributed by atoms with van der Waals surface area (Å²) in [4.78, 5) is 29.3. The Hall–Kier alpha value is -2.66. The zero-order chi connectivity index (χ0) is 27.3. The number of amides is 1. The Morgan fingerprint density at radius 2 is 1.60 bits per heavy atom. The molecule has 1 aliphatic heterocycles. The number of piperidine rings is 1. The summed E-state index contributed by atoms with van der Waals surface area (Å²) < 4.78 is 7.94. The number of anilines is 2. The van der Waals surface area contributed by atoms with Gasteiger partial charge < -0.3 is 30.6 Å². The first-order valence-corrected chi connectivity index (χ1v) is 15.0. The van der Waals surface area contributed by atoms with Gasteiger partial charge in [-0.05, 0) is 56.9 Å². The zero-order valence-electron chi connectivity index (χ0n) is 24.1. The van der Waals surface area contributed by atoms with Crippen LogP contribution in [0.5, 0.6) is 0 Å². The molecule has 0 atom stereocenters. The molecule has 2 aliphatic carbocycles. The van der Waals surface area contributed by atoms with Crippen molar-refractivity contribution in [3.63, 3.8) is 0 Å². The molecular weight excluding hydrogens is 575 g/mol. The van der Waals surface area contributed by atoms with Gasteiger partial charge in [0, 0.05) is 37.3 Å². The SMILES string of the molecule is Cl.Cl.NC1CCC(Nc2nc(NC3CCN(C(=O)COCc4ccccc4)CC3)c3ncn(C4CCCC4)c3n2)CC1. The van der Waals surface area contributed by atoms with E-state index in [0.717, 1.165) is 61.1 Å². The van der Waals surface area contributed by atoms with Crippen LogP contribution < -0.4 is 16.4 Å². The lowest BCUT2D eigenvalue weighted by molar-refractivity contribution is -0.137. The number of halogens is 2. The molecule has 42 heavy (non-hydrogen) atoms. The van der Waals surface area contributed by atoms with Crippen molar-refractivity contribution in [2.24, 2.45) is 5.73 Å². The molecule has 3 aliphatic rings. The third-order valence-corrected chi connectivity index (χ3v) is 8.77. The Kier molecular flexibility index (Phi) is 11.7. The normalized spacial score (nSPS) is 21.5. The molecule has 2 aromatic heterocycles. The predicted octanol–water partition coefficient (Wildman–Crippen LogP) is 5.09. The van der Waals surface area contributed by atoms with Crippen LogP contribution in [0.15, 0.2) is 36.7 Å². The number of rotatable bonds is 9. The van der Waals surface area contributed by atoms with Crippen molar-refractivity contribution < 1.29 is 9.53 Å². The van der Waals surface area contributed by atoms with Crippen LogP contribution in [-0.4, -0.2) is 68.1 Å². The van der Waals surface area contributed by atoms with Gasteiger partial charge in [-0.1, -0.05) is 43.2 Å². The Labute approximate surface area is 260 Å². The van der Waals surface area contributed by atoms with Gasteiger partial charge in [-0.15, -0.1) is 24.8 Å². The molecule has 2 saturated carbocycles. The Morgan fingerprint density at radius 3 is 2.31 bits per heavy atom. The number of carbonyl (C=O) groups is 1. The van der Waals surface area contributed by atoms with Crippen molar-refractivity contribution in [2.45, 2.75) is 95.0 Å². The minimum Gasteiger partial charge on any atom is -0.367 e. The predicted molar refractivity (Wildman–Crippen MR) is 171 cm³/mol. The van der Waals surface area contributed by atoms with Crippen molar-refractivity contribution in [3.8, 4) is 0 Å². The molecule has 3 fully saturated rings. The number of imidazole rings is 1. The van der Waals surface area contributed by atoms with Crippen LogP contribution in [0, 0.1) is 0 Å². The van der Waals surface area contributed by atoms with Crippen LogP contribution in [0.4, 0.5) is 11.8 Å². The summed E-state index contributed by atoms with van der Waals surface area (Å²) in [5, 5.41) is 7.29. The Bertz CT molecular complexity index is 1270. The van der Waals surface area contributed by atoms with E-state index in [9.17, 15) is 4.79 Å². The molecule has 10 nitrogen and oxygen atoms in total. The number of carbonyl (C=O) groups excluding carboxylic acids is 1. The van der Waals surface area contributed by atoms with Crippen LogP contribution in [0.25, 0.3) is 11.2 Å². The molecule has 230 valence electrons. The van der Waals surface area contributed by atoms with Crippen molar-refractivity contribution in [2.75, 3.05) is 30.3 Å². The van der Waals surface area contributed by atoms with Crippen LogP contribution in [-0.2, 0) is 16.1 Å². The molecule has 1 amide bonds. The third-order valence-electron chi connectivity index (χ3n) is 8.77. The number of nitrogens with two attached hydrogens (primary N) is 1. The Balaban J connectivity index is 0.00000202. The minimum atomic E-state index is 0. The molecule has 0 bridgehead atoms. The third kappa shape index (κ3) is 7.83. The fourth-order valence-electron chi connectivity index (χ4n) is 6.37. The van der Waals surface area contributed by atoms with E-state index in [2.05, 4.69) is 15.2 Å². The maximum Gasteiger partial charge on any atom is 0.248 e. The molecule has 12 heteroatoms. The molecule has 1 aromatic carbocycles. The Morgan fingerprint density at radius 1 is 0.905 bits per heavy atom. The quantitative estimate of drug-likeness (QED) is 0.303. The van der Waals surface area contributed by atoms with Gasteiger partial charge in [0.2, 0.25) is 11.9 Å². The first-order valence-electron chi connectivity index (χ1n) is 15.0. The molecule has 0 spiro atoms. The highest BCUT2D eigenvalue weighted by Crippen LogP contribution is 2.34. The molecule has 4 N–H and O–H groups in total. The summed E-state index contributed by atoms with van der Waals surface area (Å²) in [7, 11) is 0. The average Bonchev–Trinajstić information content (AvgIpc) is 3.66. The second-order valence-corrected chi connectivity index (χ2v) is 11.7. The van der Waals surface area contributed by atoms with Crippen molar-refractivity contribution >= 4 is 53.7 Å². The van der Waals surface area contributed by atoms with E-state index in [-0.39, 0.29) is 43.4 Å². The summed E-state index contributed by atoms with van der Waals surface area (Å²) in [6.07, 6.45) is 12.6. The molecule has 6 rings (SSSR count). The van der Waals surface area contributed by atoms with Gasteiger partial charge in [-0.3, -0.25) is 4.79 Å². The molecule has 1 saturated heterocycles. The highest BCUT2D eigenvalue weighted by molar-refractivity contribution is 5.86. The monoisotopic (exact) mass is 618 g/mol. The number of likely N-dealkylation sites (tertiary alicyclic amines) is 1. The van der Waals surface area contributed by atoms with E-state index in [1.54, 1.807) is 0 Å². The lowest BCUT2D eigenvalue weighted by Crippen LogP contribution is -2.44. The molecule has 3 aromatic rings. The maximum atomic E-state index is 12.7. The molecule has 3 heterocycles. The number of ether oxygens (including phenoxy) is 1. The second kappa shape index (κ2) is 15.2. The van der Waals surface area contributed by atoms with E-state index in [1.807, 2.05) is 41.6 Å². The van der Waals surface area contributed by atoms with Gasteiger partial charge in [0.25, 0.3) is 0 Å². The highest BCUT2D eigenvalue weighted by Gasteiger charge is 2.27. The van der Waals surface area contributed by atoms with E-state index in [4.69, 9.17) is 25.4 Å². The van der Waals surface area contributed by atoms with Gasteiger partial charge in [0.15, 0.2) is 17.0 Å². The van der Waals surface area contributed by atoms with Crippen LogP contribution in [0.1, 0.15) is 75.8 Å². The molecule has 0 unspecified atom stereocenters. The molecular formula is C30H44Cl2N8O2. The number of nitrogens with one attached hydrogen (secondary N) is 2. The van der Waals surface area contributed by atoms with Crippen LogP contribution in [0.3, 0.4) is 0 Å². The van der Waals surface area contributed by atoms with Gasteiger partial charge in [-0.25, -0.2) is 4.98 Å². The van der Waals surface area contributed by atoms with Gasteiger partial charge in [0.1, 0.15) is 6.61 Å². The lowest BCUT2D eigenvalue weighted by Gasteiger charge is -2.32. The number of aromatic nitrogens is 4. The summed E-state index contributed by atoms with van der Waals surface area (Å²) >= 11 is 0. The second-order valence-electron chi connectivity index (χ2n) is 11.7. The van der Waals surface area contributed by atoms with E-state index >= 15 is 0 Å². The van der Waals surface area contributed by atoms with Crippen molar-refractivity contribution in [3.05, 3.63) is 42.2 Å². The maximum absolute atomic E-state index is 12.7.